The predicted molar refractivity (Wildman–Crippen MR) is 79.9 cm³/mol. The maximum absolute atomic E-state index is 11.7. The Morgan fingerprint density at radius 2 is 1.79 bits per heavy atom. The number of carbonyl (C=O) groups excluding carboxylic acids is 1. The minimum absolute atomic E-state index is 0.204. The molecule has 2 aromatic carbocycles. The van der Waals surface area contributed by atoms with Gasteiger partial charge in [0.05, 0.1) is 5.69 Å². The molecule has 2 aromatic rings. The zero-order valence-corrected chi connectivity index (χ0v) is 11.6. The Morgan fingerprint density at radius 1 is 1.11 bits per heavy atom. The van der Waals surface area contributed by atoms with Crippen molar-refractivity contribution in [3.8, 4) is 5.75 Å². The van der Waals surface area contributed by atoms with Gasteiger partial charge >= 0.3 is 0 Å². The number of aromatic hydroxyl groups is 1. The number of phenols is 1. The fourth-order valence-electron chi connectivity index (χ4n) is 1.49. The van der Waals surface area contributed by atoms with Crippen LogP contribution < -0.4 is 5.32 Å². The summed E-state index contributed by atoms with van der Waals surface area (Å²) in [6.45, 7) is 0. The molecule has 0 aromatic heterocycles. The summed E-state index contributed by atoms with van der Waals surface area (Å²) in [4.78, 5) is 11.7. The third-order valence-electron chi connectivity index (χ3n) is 2.45. The molecule has 0 saturated heterocycles. The highest BCUT2D eigenvalue weighted by Gasteiger charge is 2.01. The predicted octanol–water partition coefficient (Wildman–Crippen LogP) is 3.81. The molecule has 0 bridgehead atoms. The van der Waals surface area contributed by atoms with Gasteiger partial charge in [0, 0.05) is 10.5 Å². The highest BCUT2D eigenvalue weighted by molar-refractivity contribution is 9.10. The number of benzene rings is 2. The summed E-state index contributed by atoms with van der Waals surface area (Å²) in [5.74, 6) is -0.00482. The lowest BCUT2D eigenvalue weighted by Gasteiger charge is -2.03. The first-order chi connectivity index (χ1) is 9.15. The van der Waals surface area contributed by atoms with Crippen LogP contribution in [0.25, 0.3) is 6.08 Å². The number of anilines is 1. The molecule has 96 valence electrons. The lowest BCUT2D eigenvalue weighted by atomic mass is 10.2. The first kappa shape index (κ1) is 13.4. The van der Waals surface area contributed by atoms with E-state index in [1.807, 2.05) is 24.3 Å². The number of nitrogens with one attached hydrogen (secondary N) is 1. The van der Waals surface area contributed by atoms with E-state index in [9.17, 15) is 4.79 Å². The van der Waals surface area contributed by atoms with Crippen LogP contribution in [0, 0.1) is 0 Å². The fraction of sp³-hybridized carbons (Fsp3) is 0. The largest absolute Gasteiger partial charge is 0.508 e. The summed E-state index contributed by atoms with van der Waals surface area (Å²) < 4.78 is 0.835. The van der Waals surface area contributed by atoms with Crippen LogP contribution in [-0.4, -0.2) is 11.0 Å². The minimum atomic E-state index is -0.208. The standard InChI is InChI=1S/C15H12BrNO2/c16-13-3-1-2-4-14(13)17-15(19)10-7-11-5-8-12(18)9-6-11/h1-10,18H,(H,17,19)/b10-7+. The summed E-state index contributed by atoms with van der Waals surface area (Å²) >= 11 is 3.36. The van der Waals surface area contributed by atoms with Crippen LogP contribution in [0.3, 0.4) is 0 Å². The highest BCUT2D eigenvalue weighted by atomic mass is 79.9. The number of hydrogen-bond donors (Lipinski definition) is 2. The van der Waals surface area contributed by atoms with E-state index in [4.69, 9.17) is 5.11 Å². The van der Waals surface area contributed by atoms with Crippen molar-refractivity contribution in [2.45, 2.75) is 0 Å². The molecular weight excluding hydrogens is 306 g/mol. The number of hydrogen-bond acceptors (Lipinski definition) is 2. The summed E-state index contributed by atoms with van der Waals surface area (Å²) in [6.07, 6.45) is 3.14. The van der Waals surface area contributed by atoms with E-state index < -0.39 is 0 Å². The van der Waals surface area contributed by atoms with E-state index in [1.165, 1.54) is 6.08 Å². The first-order valence-electron chi connectivity index (χ1n) is 5.68. The van der Waals surface area contributed by atoms with Gasteiger partial charge in [0.15, 0.2) is 0 Å². The van der Waals surface area contributed by atoms with Gasteiger partial charge in [-0.25, -0.2) is 0 Å². The summed E-state index contributed by atoms with van der Waals surface area (Å²) in [7, 11) is 0. The average Bonchev–Trinajstić information content (AvgIpc) is 2.41. The van der Waals surface area contributed by atoms with Crippen LogP contribution in [0.4, 0.5) is 5.69 Å². The van der Waals surface area contributed by atoms with Gasteiger partial charge < -0.3 is 10.4 Å². The lowest BCUT2D eigenvalue weighted by molar-refractivity contribution is -0.111. The molecule has 0 unspecified atom stereocenters. The molecular formula is C15H12BrNO2. The monoisotopic (exact) mass is 317 g/mol. The van der Waals surface area contributed by atoms with E-state index in [2.05, 4.69) is 21.2 Å². The van der Waals surface area contributed by atoms with Crippen molar-refractivity contribution >= 4 is 33.6 Å². The Hall–Kier alpha value is -2.07. The zero-order chi connectivity index (χ0) is 13.7. The Kier molecular flexibility index (Phi) is 4.36. The van der Waals surface area contributed by atoms with Gasteiger partial charge in [-0.05, 0) is 51.8 Å². The van der Waals surface area contributed by atoms with Gasteiger partial charge in [0.25, 0.3) is 0 Å². The quantitative estimate of drug-likeness (QED) is 0.846. The van der Waals surface area contributed by atoms with E-state index in [-0.39, 0.29) is 11.7 Å². The van der Waals surface area contributed by atoms with Crippen molar-refractivity contribution < 1.29 is 9.90 Å². The van der Waals surface area contributed by atoms with Gasteiger partial charge in [-0.3, -0.25) is 4.79 Å². The molecule has 0 saturated carbocycles. The van der Waals surface area contributed by atoms with Gasteiger partial charge in [0.2, 0.25) is 5.91 Å². The molecule has 2 N–H and O–H groups in total. The third kappa shape index (κ3) is 3.96. The van der Waals surface area contributed by atoms with Crippen molar-refractivity contribution in [2.24, 2.45) is 0 Å². The zero-order valence-electron chi connectivity index (χ0n) is 10.0. The van der Waals surface area contributed by atoms with Crippen LogP contribution >= 0.6 is 15.9 Å². The lowest BCUT2D eigenvalue weighted by Crippen LogP contribution is -2.07. The highest BCUT2D eigenvalue weighted by Crippen LogP contribution is 2.21. The molecule has 0 atom stereocenters. The van der Waals surface area contributed by atoms with E-state index in [0.29, 0.717) is 0 Å². The second-order valence-corrected chi connectivity index (χ2v) is 4.75. The maximum Gasteiger partial charge on any atom is 0.248 e. The Bertz CT molecular complexity index is 606. The molecule has 1 amide bonds. The topological polar surface area (TPSA) is 49.3 Å². The summed E-state index contributed by atoms with van der Waals surface area (Å²) in [6, 6.07) is 14.0. The van der Waals surface area contributed by atoms with Crippen LogP contribution in [0.5, 0.6) is 5.75 Å². The Balaban J connectivity index is 2.02. The van der Waals surface area contributed by atoms with Crippen molar-refractivity contribution in [1.29, 1.82) is 0 Å². The van der Waals surface area contributed by atoms with Gasteiger partial charge in [-0.1, -0.05) is 24.3 Å². The summed E-state index contributed by atoms with van der Waals surface area (Å²) in [5.41, 5.74) is 1.57. The summed E-state index contributed by atoms with van der Waals surface area (Å²) in [5, 5.41) is 11.9. The Labute approximate surface area is 119 Å². The van der Waals surface area contributed by atoms with Crippen molar-refractivity contribution in [3.05, 3.63) is 64.6 Å². The number of phenolic OH excluding ortho intramolecular Hbond substituents is 1. The number of halogens is 1. The van der Waals surface area contributed by atoms with Crippen molar-refractivity contribution in [1.82, 2.24) is 0 Å². The molecule has 4 heteroatoms. The number of para-hydroxylation sites is 1. The van der Waals surface area contributed by atoms with Gasteiger partial charge in [-0.2, -0.15) is 0 Å². The molecule has 0 aliphatic heterocycles. The van der Waals surface area contributed by atoms with Gasteiger partial charge in [-0.15, -0.1) is 0 Å². The molecule has 0 spiro atoms. The molecule has 0 fully saturated rings. The second-order valence-electron chi connectivity index (χ2n) is 3.89. The smallest absolute Gasteiger partial charge is 0.248 e. The number of rotatable bonds is 3. The van der Waals surface area contributed by atoms with Crippen LogP contribution in [0.15, 0.2) is 59.1 Å². The molecule has 2 rings (SSSR count). The molecule has 0 aliphatic rings. The first-order valence-corrected chi connectivity index (χ1v) is 6.47. The maximum atomic E-state index is 11.7. The normalized spacial score (nSPS) is 10.6. The average molecular weight is 318 g/mol. The van der Waals surface area contributed by atoms with Crippen molar-refractivity contribution in [3.63, 3.8) is 0 Å². The van der Waals surface area contributed by atoms with E-state index in [1.54, 1.807) is 30.3 Å². The van der Waals surface area contributed by atoms with E-state index in [0.717, 1.165) is 15.7 Å². The SMILES string of the molecule is O=C(/C=C/c1ccc(O)cc1)Nc1ccccc1Br. The molecule has 0 radical (unpaired) electrons. The van der Waals surface area contributed by atoms with Gasteiger partial charge in [0.1, 0.15) is 5.75 Å². The molecule has 0 aliphatic carbocycles. The molecule has 0 heterocycles. The second kappa shape index (κ2) is 6.20. The van der Waals surface area contributed by atoms with Crippen LogP contribution in [0.2, 0.25) is 0 Å². The molecule has 19 heavy (non-hydrogen) atoms. The van der Waals surface area contributed by atoms with Crippen molar-refractivity contribution in [2.75, 3.05) is 5.32 Å². The third-order valence-corrected chi connectivity index (χ3v) is 3.14. The number of carbonyl (C=O) groups is 1. The van der Waals surface area contributed by atoms with Crippen LogP contribution in [0.1, 0.15) is 5.56 Å². The fourth-order valence-corrected chi connectivity index (χ4v) is 1.88. The number of amides is 1. The molecule has 3 nitrogen and oxygen atoms in total. The van der Waals surface area contributed by atoms with Crippen LogP contribution in [-0.2, 0) is 4.79 Å². The van der Waals surface area contributed by atoms with E-state index >= 15 is 0 Å². The minimum Gasteiger partial charge on any atom is -0.508 e. The Morgan fingerprint density at radius 3 is 2.47 bits per heavy atom.